The number of amides is 2. The lowest BCUT2D eigenvalue weighted by molar-refractivity contribution is 0.0649. The summed E-state index contributed by atoms with van der Waals surface area (Å²) in [5.41, 5.74) is 1.89. The van der Waals surface area contributed by atoms with E-state index in [1.165, 1.54) is 12.8 Å². The highest BCUT2D eigenvalue weighted by Crippen LogP contribution is 2.38. The van der Waals surface area contributed by atoms with Crippen LogP contribution in [0.25, 0.3) is 11.0 Å². The van der Waals surface area contributed by atoms with Crippen molar-refractivity contribution in [2.75, 3.05) is 26.0 Å². The first kappa shape index (κ1) is 24.8. The van der Waals surface area contributed by atoms with Gasteiger partial charge in [-0.05, 0) is 43.9 Å². The number of nitrogens with zero attached hydrogens (tertiary/aromatic N) is 6. The Balaban J connectivity index is 1.25. The first-order chi connectivity index (χ1) is 18.4. The van der Waals surface area contributed by atoms with Crippen LogP contribution >= 0.6 is 0 Å². The Morgan fingerprint density at radius 2 is 1.82 bits per heavy atom. The van der Waals surface area contributed by atoms with E-state index in [9.17, 15) is 14.7 Å². The number of carbonyl (C=O) groups excluding carboxylic acids is 2. The molecule has 0 spiro atoms. The average molecular weight is 518 g/mol. The van der Waals surface area contributed by atoms with E-state index in [1.807, 2.05) is 6.07 Å². The fourth-order valence-corrected chi connectivity index (χ4v) is 6.42. The molecule has 2 N–H and O–H groups in total. The van der Waals surface area contributed by atoms with Crippen LogP contribution < -0.4 is 5.32 Å². The van der Waals surface area contributed by atoms with Gasteiger partial charge in [-0.15, -0.1) is 0 Å². The first-order valence-electron chi connectivity index (χ1n) is 13.7. The van der Waals surface area contributed by atoms with Crippen molar-refractivity contribution in [3.63, 3.8) is 0 Å². The van der Waals surface area contributed by atoms with Crippen LogP contribution in [-0.4, -0.2) is 79.0 Å². The van der Waals surface area contributed by atoms with Gasteiger partial charge in [-0.1, -0.05) is 25.7 Å². The second-order valence-corrected chi connectivity index (χ2v) is 11.1. The molecule has 3 aromatic heterocycles. The van der Waals surface area contributed by atoms with Crippen molar-refractivity contribution >= 4 is 34.6 Å². The maximum atomic E-state index is 13.1. The summed E-state index contributed by atoms with van der Waals surface area (Å²) in [6.07, 6.45) is 11.5. The minimum absolute atomic E-state index is 0.0394. The number of carbonyl (C=O) groups is 2. The van der Waals surface area contributed by atoms with Crippen LogP contribution in [0.2, 0.25) is 0 Å². The van der Waals surface area contributed by atoms with E-state index in [0.717, 1.165) is 49.6 Å². The van der Waals surface area contributed by atoms with Crippen molar-refractivity contribution in [3.05, 3.63) is 41.9 Å². The second-order valence-electron chi connectivity index (χ2n) is 11.1. The molecule has 1 aliphatic heterocycles. The third-order valence-corrected chi connectivity index (χ3v) is 8.44. The van der Waals surface area contributed by atoms with E-state index in [1.54, 1.807) is 48.4 Å². The van der Waals surface area contributed by atoms with Crippen molar-refractivity contribution in [1.82, 2.24) is 29.3 Å². The van der Waals surface area contributed by atoms with Gasteiger partial charge in [0.05, 0.1) is 17.7 Å². The van der Waals surface area contributed by atoms with Crippen molar-refractivity contribution in [2.45, 2.75) is 69.6 Å². The zero-order valence-corrected chi connectivity index (χ0v) is 22.0. The highest BCUT2D eigenvalue weighted by molar-refractivity contribution is 5.98. The summed E-state index contributed by atoms with van der Waals surface area (Å²) in [4.78, 5) is 43.2. The molecule has 0 unspecified atom stereocenters. The van der Waals surface area contributed by atoms with E-state index in [0.29, 0.717) is 29.6 Å². The number of pyridine rings is 1. The van der Waals surface area contributed by atoms with Crippen LogP contribution in [0, 0.1) is 5.92 Å². The van der Waals surface area contributed by atoms with E-state index >= 15 is 0 Å². The molecule has 4 heterocycles. The molecule has 1 saturated heterocycles. The van der Waals surface area contributed by atoms with E-state index in [2.05, 4.69) is 19.9 Å². The molecular formula is C28H35N7O3. The number of fused-ring (bicyclic) bond motifs is 3. The van der Waals surface area contributed by atoms with Crippen LogP contribution in [0.4, 0.5) is 11.8 Å². The van der Waals surface area contributed by atoms with E-state index in [4.69, 9.17) is 4.98 Å². The van der Waals surface area contributed by atoms with Gasteiger partial charge in [-0.3, -0.25) is 9.59 Å². The van der Waals surface area contributed by atoms with E-state index in [-0.39, 0.29) is 29.8 Å². The van der Waals surface area contributed by atoms with Crippen molar-refractivity contribution in [3.8, 4) is 0 Å². The number of aliphatic hydroxyl groups is 1. The molecule has 10 heteroatoms. The minimum Gasteiger partial charge on any atom is -0.391 e. The number of piperidine rings is 1. The molecule has 3 aromatic rings. The van der Waals surface area contributed by atoms with Gasteiger partial charge in [-0.2, -0.15) is 4.98 Å². The van der Waals surface area contributed by atoms with Gasteiger partial charge < -0.3 is 24.8 Å². The molecule has 2 amide bonds. The monoisotopic (exact) mass is 517 g/mol. The molecular weight excluding hydrogens is 482 g/mol. The maximum absolute atomic E-state index is 13.1. The van der Waals surface area contributed by atoms with Crippen LogP contribution in [0.15, 0.2) is 30.6 Å². The number of hydrogen-bond acceptors (Lipinski definition) is 7. The fraction of sp³-hybridized carbons (Fsp3) is 0.536. The number of likely N-dealkylation sites (tertiary alicyclic amines) is 1. The Bertz CT molecular complexity index is 1340. The topological polar surface area (TPSA) is 116 Å². The van der Waals surface area contributed by atoms with Crippen molar-refractivity contribution in [1.29, 1.82) is 0 Å². The van der Waals surface area contributed by atoms with Crippen LogP contribution in [-0.2, 0) is 0 Å². The van der Waals surface area contributed by atoms with Crippen LogP contribution in [0.1, 0.15) is 78.3 Å². The van der Waals surface area contributed by atoms with Gasteiger partial charge in [0.1, 0.15) is 17.2 Å². The van der Waals surface area contributed by atoms with Crippen molar-refractivity contribution < 1.29 is 14.7 Å². The predicted octanol–water partition coefficient (Wildman–Crippen LogP) is 3.76. The summed E-state index contributed by atoms with van der Waals surface area (Å²) >= 11 is 0. The third-order valence-electron chi connectivity index (χ3n) is 8.44. The zero-order chi connectivity index (χ0) is 26.4. The Kier molecular flexibility index (Phi) is 6.51. The summed E-state index contributed by atoms with van der Waals surface area (Å²) in [5.74, 6) is 0.979. The van der Waals surface area contributed by atoms with Crippen LogP contribution in [0.3, 0.4) is 0 Å². The number of anilines is 2. The molecule has 3 aliphatic rings. The fourth-order valence-electron chi connectivity index (χ4n) is 6.42. The molecule has 0 radical (unpaired) electrons. The van der Waals surface area contributed by atoms with E-state index < -0.39 is 6.10 Å². The Morgan fingerprint density at radius 1 is 1.03 bits per heavy atom. The summed E-state index contributed by atoms with van der Waals surface area (Å²) in [6.45, 7) is 0.609. The Hall–Kier alpha value is -3.53. The smallest absolute Gasteiger partial charge is 0.270 e. The standard InChI is InChI=1S/C28H35N7O3/c1-33(2)27(38)22-13-19-15-30-28(32-25(19)35(22)20-7-5-3-4-6-8-20)31-23-12-10-17(14-29-23)26(37)34-16-18-9-11-21(34)24(18)36/h10,12-15,18,20-21,24,36H,3-9,11,16H2,1-2H3,(H,29,30,31,32)/t18-,21-,24-/m1/s1. The zero-order valence-electron chi connectivity index (χ0n) is 22.0. The molecule has 10 nitrogen and oxygen atoms in total. The largest absolute Gasteiger partial charge is 0.391 e. The molecule has 2 saturated carbocycles. The summed E-state index contributed by atoms with van der Waals surface area (Å²) in [5, 5.41) is 14.3. The lowest BCUT2D eigenvalue weighted by atomic mass is 10.1. The molecule has 3 fully saturated rings. The Labute approximate surface area is 222 Å². The predicted molar refractivity (Wildman–Crippen MR) is 143 cm³/mol. The average Bonchev–Trinajstić information content (AvgIpc) is 3.48. The van der Waals surface area contributed by atoms with Gasteiger partial charge in [0, 0.05) is 50.4 Å². The quantitative estimate of drug-likeness (QED) is 0.495. The molecule has 2 aliphatic carbocycles. The molecule has 38 heavy (non-hydrogen) atoms. The highest BCUT2D eigenvalue weighted by Gasteiger charge is 2.47. The number of aromatic nitrogens is 4. The molecule has 3 atom stereocenters. The third kappa shape index (κ3) is 4.40. The summed E-state index contributed by atoms with van der Waals surface area (Å²) < 4.78 is 2.11. The minimum atomic E-state index is -0.412. The van der Waals surface area contributed by atoms with Gasteiger partial charge in [-0.25, -0.2) is 9.97 Å². The lowest BCUT2D eigenvalue weighted by Crippen LogP contribution is -2.39. The Morgan fingerprint density at radius 3 is 2.45 bits per heavy atom. The second kappa shape index (κ2) is 9.98. The van der Waals surface area contributed by atoms with Gasteiger partial charge in [0.2, 0.25) is 5.95 Å². The number of aliphatic hydroxyl groups excluding tert-OH is 1. The normalized spacial score (nSPS) is 23.6. The number of rotatable bonds is 5. The molecule has 2 bridgehead atoms. The molecule has 0 aromatic carbocycles. The van der Waals surface area contributed by atoms with Crippen LogP contribution in [0.5, 0.6) is 0 Å². The highest BCUT2D eigenvalue weighted by atomic mass is 16.3. The van der Waals surface area contributed by atoms with Gasteiger partial charge >= 0.3 is 0 Å². The van der Waals surface area contributed by atoms with Gasteiger partial charge in [0.15, 0.2) is 0 Å². The maximum Gasteiger partial charge on any atom is 0.270 e. The van der Waals surface area contributed by atoms with Gasteiger partial charge in [0.25, 0.3) is 11.8 Å². The van der Waals surface area contributed by atoms with Crippen molar-refractivity contribution in [2.24, 2.45) is 5.92 Å². The summed E-state index contributed by atoms with van der Waals surface area (Å²) in [6, 6.07) is 5.53. The number of nitrogens with one attached hydrogen (secondary N) is 1. The number of hydrogen-bond donors (Lipinski definition) is 2. The molecule has 200 valence electrons. The molecule has 6 rings (SSSR count). The lowest BCUT2D eigenvalue weighted by Gasteiger charge is -2.26. The first-order valence-corrected chi connectivity index (χ1v) is 13.7. The SMILES string of the molecule is CN(C)C(=O)c1cc2cnc(Nc3ccc(C(=O)N4C[C@H]5CC[C@@H]4[C@@H]5O)cn3)nc2n1C1CCCCCC1. The summed E-state index contributed by atoms with van der Waals surface area (Å²) in [7, 11) is 3.54.